The first-order chi connectivity index (χ1) is 16.6. The molecule has 0 aliphatic carbocycles. The molecule has 7 heteroatoms. The van der Waals surface area contributed by atoms with E-state index in [2.05, 4.69) is 51.3 Å². The quantitative estimate of drug-likeness (QED) is 0.519. The van der Waals surface area contributed by atoms with Crippen LogP contribution in [0, 0.1) is 5.92 Å². The summed E-state index contributed by atoms with van der Waals surface area (Å²) in [6, 6.07) is 19.8. The van der Waals surface area contributed by atoms with Crippen molar-refractivity contribution in [1.82, 2.24) is 10.2 Å². The van der Waals surface area contributed by atoms with Gasteiger partial charge in [0.15, 0.2) is 5.82 Å². The molecule has 1 unspecified atom stereocenters. The van der Waals surface area contributed by atoms with Crippen LogP contribution in [0.25, 0.3) is 11.3 Å². The van der Waals surface area contributed by atoms with Crippen LogP contribution in [0.1, 0.15) is 26.7 Å². The fraction of sp³-hybridized carbons (Fsp3) is 0.370. The number of anilines is 3. The molecule has 2 heterocycles. The van der Waals surface area contributed by atoms with E-state index in [0.29, 0.717) is 6.54 Å². The number of hydrogen-bond acceptors (Lipinski definition) is 6. The van der Waals surface area contributed by atoms with Gasteiger partial charge in [-0.3, -0.25) is 4.79 Å². The molecule has 0 bridgehead atoms. The third-order valence-electron chi connectivity index (χ3n) is 6.42. The number of rotatable bonds is 8. The summed E-state index contributed by atoms with van der Waals surface area (Å²) in [5.41, 5.74) is 3.80. The van der Waals surface area contributed by atoms with Crippen LogP contribution in [-0.4, -0.2) is 49.4 Å². The largest absolute Gasteiger partial charge is 0.497 e. The number of piperidine rings is 1. The predicted molar refractivity (Wildman–Crippen MR) is 138 cm³/mol. The van der Waals surface area contributed by atoms with Crippen LogP contribution in [-0.2, 0) is 4.79 Å². The minimum absolute atomic E-state index is 0.0584. The van der Waals surface area contributed by atoms with Crippen molar-refractivity contribution in [2.75, 3.05) is 48.4 Å². The number of nitrogens with zero attached hydrogens (tertiary/aromatic N) is 4. The third-order valence-corrected chi connectivity index (χ3v) is 6.42. The van der Waals surface area contributed by atoms with E-state index >= 15 is 0 Å². The molecule has 2 aromatic carbocycles. The van der Waals surface area contributed by atoms with Gasteiger partial charge in [-0.2, -0.15) is 0 Å². The van der Waals surface area contributed by atoms with Crippen LogP contribution in [0.3, 0.4) is 0 Å². The van der Waals surface area contributed by atoms with Gasteiger partial charge in [-0.25, -0.2) is 0 Å². The SMILES string of the molecule is CCN(CC)c1ccc(NC(=O)C2CCCN(c3ccc(-c4ccc(OC)cc4)nn3)C2)cc1. The Kier molecular flexibility index (Phi) is 7.62. The maximum Gasteiger partial charge on any atom is 0.229 e. The number of carbonyl (C=O) groups excluding carboxylic acids is 1. The molecule has 7 nitrogen and oxygen atoms in total. The van der Waals surface area contributed by atoms with Gasteiger partial charge in [-0.1, -0.05) is 0 Å². The maximum atomic E-state index is 13.0. The van der Waals surface area contributed by atoms with Crippen LogP contribution in [0.5, 0.6) is 5.75 Å². The molecule has 34 heavy (non-hydrogen) atoms. The first kappa shape index (κ1) is 23.5. The fourth-order valence-corrected chi connectivity index (χ4v) is 4.40. The van der Waals surface area contributed by atoms with Gasteiger partial charge in [-0.05, 0) is 87.4 Å². The van der Waals surface area contributed by atoms with Gasteiger partial charge < -0.3 is 19.9 Å². The number of amides is 1. The second-order valence-corrected chi connectivity index (χ2v) is 8.50. The molecule has 1 aromatic heterocycles. The summed E-state index contributed by atoms with van der Waals surface area (Å²) in [4.78, 5) is 17.4. The van der Waals surface area contributed by atoms with Crippen molar-refractivity contribution in [1.29, 1.82) is 0 Å². The molecule has 0 spiro atoms. The number of ether oxygens (including phenoxy) is 1. The van der Waals surface area contributed by atoms with Gasteiger partial charge in [0.2, 0.25) is 5.91 Å². The first-order valence-electron chi connectivity index (χ1n) is 12.0. The standard InChI is InChI=1S/C27H33N5O2/c1-4-31(5-2)23-12-10-22(11-13-23)28-27(33)21-7-6-18-32(19-21)26-17-16-25(29-30-26)20-8-14-24(34-3)15-9-20/h8-17,21H,4-7,18-19H2,1-3H3,(H,28,33). The van der Waals surface area contributed by atoms with Crippen LogP contribution < -0.4 is 19.9 Å². The van der Waals surface area contributed by atoms with E-state index in [9.17, 15) is 4.79 Å². The number of nitrogens with one attached hydrogen (secondary N) is 1. The summed E-state index contributed by atoms with van der Waals surface area (Å²) in [5.74, 6) is 1.59. The molecule has 3 aromatic rings. The minimum atomic E-state index is -0.0840. The molecule has 1 aliphatic rings. The minimum Gasteiger partial charge on any atom is -0.497 e. The fourth-order valence-electron chi connectivity index (χ4n) is 4.40. The lowest BCUT2D eigenvalue weighted by Gasteiger charge is -2.32. The molecule has 1 atom stereocenters. The predicted octanol–water partition coefficient (Wildman–Crippen LogP) is 4.85. The lowest BCUT2D eigenvalue weighted by molar-refractivity contribution is -0.120. The highest BCUT2D eigenvalue weighted by atomic mass is 16.5. The zero-order valence-corrected chi connectivity index (χ0v) is 20.2. The van der Waals surface area contributed by atoms with E-state index in [1.165, 1.54) is 5.69 Å². The molecule has 0 saturated carbocycles. The Morgan fingerprint density at radius 1 is 1.03 bits per heavy atom. The Morgan fingerprint density at radius 3 is 2.38 bits per heavy atom. The summed E-state index contributed by atoms with van der Waals surface area (Å²) in [5, 5.41) is 12.0. The zero-order chi connectivity index (χ0) is 23.9. The van der Waals surface area contributed by atoms with Crippen molar-refractivity contribution in [3.8, 4) is 17.0 Å². The van der Waals surface area contributed by atoms with Crippen molar-refractivity contribution in [2.45, 2.75) is 26.7 Å². The van der Waals surface area contributed by atoms with Gasteiger partial charge in [0.1, 0.15) is 5.75 Å². The van der Waals surface area contributed by atoms with Gasteiger partial charge >= 0.3 is 0 Å². The summed E-state index contributed by atoms with van der Waals surface area (Å²) in [7, 11) is 1.65. The average molecular weight is 460 g/mol. The molecule has 1 aliphatic heterocycles. The average Bonchev–Trinajstić information content (AvgIpc) is 2.90. The maximum absolute atomic E-state index is 13.0. The van der Waals surface area contributed by atoms with Crippen molar-refractivity contribution in [3.63, 3.8) is 0 Å². The molecule has 1 fully saturated rings. The van der Waals surface area contributed by atoms with Crippen molar-refractivity contribution in [2.24, 2.45) is 5.92 Å². The number of aromatic nitrogens is 2. The van der Waals surface area contributed by atoms with Crippen molar-refractivity contribution in [3.05, 3.63) is 60.7 Å². The Labute approximate surface area is 201 Å². The molecular formula is C27H33N5O2. The molecule has 178 valence electrons. The molecule has 1 saturated heterocycles. The lowest BCUT2D eigenvalue weighted by Crippen LogP contribution is -2.41. The Morgan fingerprint density at radius 2 is 1.76 bits per heavy atom. The van der Waals surface area contributed by atoms with Crippen LogP contribution in [0.15, 0.2) is 60.7 Å². The number of methoxy groups -OCH3 is 1. The van der Waals surface area contributed by atoms with Crippen LogP contribution in [0.2, 0.25) is 0 Å². The summed E-state index contributed by atoms with van der Waals surface area (Å²) >= 11 is 0. The molecule has 1 amide bonds. The second kappa shape index (κ2) is 11.0. The van der Waals surface area contributed by atoms with Crippen LogP contribution in [0.4, 0.5) is 17.2 Å². The van der Waals surface area contributed by atoms with Crippen LogP contribution >= 0.6 is 0 Å². The Balaban J connectivity index is 1.37. The topological polar surface area (TPSA) is 70.6 Å². The highest BCUT2D eigenvalue weighted by Crippen LogP contribution is 2.26. The molecular weight excluding hydrogens is 426 g/mol. The van der Waals surface area contributed by atoms with Crippen molar-refractivity contribution >= 4 is 23.1 Å². The first-order valence-corrected chi connectivity index (χ1v) is 12.0. The Bertz CT molecular complexity index is 1060. The van der Waals surface area contributed by atoms with Crippen molar-refractivity contribution < 1.29 is 9.53 Å². The number of carbonyl (C=O) groups is 1. The highest BCUT2D eigenvalue weighted by molar-refractivity contribution is 5.93. The second-order valence-electron chi connectivity index (χ2n) is 8.50. The highest BCUT2D eigenvalue weighted by Gasteiger charge is 2.27. The Hall–Kier alpha value is -3.61. The lowest BCUT2D eigenvalue weighted by atomic mass is 9.97. The summed E-state index contributed by atoms with van der Waals surface area (Å²) in [6.45, 7) is 7.73. The van der Waals surface area contributed by atoms with E-state index in [0.717, 1.165) is 61.0 Å². The zero-order valence-electron chi connectivity index (χ0n) is 20.2. The number of hydrogen-bond donors (Lipinski definition) is 1. The van der Waals surface area contributed by atoms with E-state index in [1.807, 2.05) is 48.5 Å². The van der Waals surface area contributed by atoms with Gasteiger partial charge in [-0.15, -0.1) is 10.2 Å². The normalized spacial score (nSPS) is 15.6. The van der Waals surface area contributed by atoms with Gasteiger partial charge in [0, 0.05) is 43.1 Å². The monoisotopic (exact) mass is 459 g/mol. The molecule has 0 radical (unpaired) electrons. The smallest absolute Gasteiger partial charge is 0.229 e. The van der Waals surface area contributed by atoms with E-state index in [1.54, 1.807) is 7.11 Å². The van der Waals surface area contributed by atoms with E-state index in [-0.39, 0.29) is 11.8 Å². The number of benzene rings is 2. The summed E-state index contributed by atoms with van der Waals surface area (Å²) < 4.78 is 5.22. The van der Waals surface area contributed by atoms with Gasteiger partial charge in [0.05, 0.1) is 18.7 Å². The van der Waals surface area contributed by atoms with E-state index < -0.39 is 0 Å². The molecule has 4 rings (SSSR count). The summed E-state index contributed by atoms with van der Waals surface area (Å²) in [6.07, 6.45) is 1.82. The third kappa shape index (κ3) is 5.47. The molecule has 1 N–H and O–H groups in total. The van der Waals surface area contributed by atoms with E-state index in [4.69, 9.17) is 4.74 Å². The van der Waals surface area contributed by atoms with Gasteiger partial charge in [0.25, 0.3) is 0 Å².